The smallest absolute Gasteiger partial charge is 0.150 e. The van der Waals surface area contributed by atoms with Crippen LogP contribution in [0.4, 0.5) is 10.1 Å². The van der Waals surface area contributed by atoms with E-state index < -0.39 is 0 Å². The summed E-state index contributed by atoms with van der Waals surface area (Å²) < 4.78 is 13.8. The Bertz CT molecular complexity index is 397. The average Bonchev–Trinajstić information content (AvgIpc) is 2.80. The SMILES string of the molecule is Nc1cccc(CN2CCCC2CCCO)c1F. The van der Waals surface area contributed by atoms with Gasteiger partial charge < -0.3 is 10.8 Å². The Labute approximate surface area is 107 Å². The van der Waals surface area contributed by atoms with E-state index in [2.05, 4.69) is 4.90 Å². The van der Waals surface area contributed by atoms with Gasteiger partial charge in [-0.25, -0.2) is 4.39 Å². The van der Waals surface area contributed by atoms with Crippen molar-refractivity contribution >= 4 is 5.69 Å². The van der Waals surface area contributed by atoms with Crippen LogP contribution in [0.15, 0.2) is 18.2 Å². The maximum atomic E-state index is 13.8. The van der Waals surface area contributed by atoms with Crippen LogP contribution in [0.5, 0.6) is 0 Å². The summed E-state index contributed by atoms with van der Waals surface area (Å²) in [7, 11) is 0. The highest BCUT2D eigenvalue weighted by Gasteiger charge is 2.24. The number of rotatable bonds is 5. The van der Waals surface area contributed by atoms with Crippen LogP contribution < -0.4 is 5.73 Å². The highest BCUT2D eigenvalue weighted by molar-refractivity contribution is 5.42. The molecule has 3 nitrogen and oxygen atoms in total. The minimum Gasteiger partial charge on any atom is -0.396 e. The largest absolute Gasteiger partial charge is 0.396 e. The molecule has 1 unspecified atom stereocenters. The van der Waals surface area contributed by atoms with E-state index in [-0.39, 0.29) is 18.1 Å². The second kappa shape index (κ2) is 6.16. The van der Waals surface area contributed by atoms with Crippen molar-refractivity contribution in [2.24, 2.45) is 0 Å². The van der Waals surface area contributed by atoms with Gasteiger partial charge in [0.25, 0.3) is 0 Å². The summed E-state index contributed by atoms with van der Waals surface area (Å²) in [6, 6.07) is 5.66. The van der Waals surface area contributed by atoms with Crippen molar-refractivity contribution in [1.29, 1.82) is 0 Å². The molecule has 3 N–H and O–H groups in total. The van der Waals surface area contributed by atoms with E-state index in [0.717, 1.165) is 32.2 Å². The number of benzene rings is 1. The normalized spacial score (nSPS) is 20.4. The molecule has 1 atom stereocenters. The molecule has 0 spiro atoms. The van der Waals surface area contributed by atoms with Crippen molar-refractivity contribution < 1.29 is 9.50 Å². The monoisotopic (exact) mass is 252 g/mol. The Morgan fingerprint density at radius 1 is 1.44 bits per heavy atom. The second-order valence-corrected chi connectivity index (χ2v) is 4.95. The third-order valence-electron chi connectivity index (χ3n) is 3.68. The highest BCUT2D eigenvalue weighted by Crippen LogP contribution is 2.25. The Morgan fingerprint density at radius 2 is 2.28 bits per heavy atom. The van der Waals surface area contributed by atoms with Crippen LogP contribution in [-0.2, 0) is 6.54 Å². The molecule has 1 aromatic rings. The summed E-state index contributed by atoms with van der Waals surface area (Å²) in [5.41, 5.74) is 6.48. The average molecular weight is 252 g/mol. The topological polar surface area (TPSA) is 49.5 Å². The van der Waals surface area contributed by atoms with Gasteiger partial charge in [0.05, 0.1) is 5.69 Å². The fourth-order valence-corrected chi connectivity index (χ4v) is 2.70. The minimum atomic E-state index is -0.287. The fourth-order valence-electron chi connectivity index (χ4n) is 2.70. The number of hydrogen-bond donors (Lipinski definition) is 2. The van der Waals surface area contributed by atoms with Crippen LogP contribution in [0.3, 0.4) is 0 Å². The zero-order valence-electron chi connectivity index (χ0n) is 10.6. The van der Waals surface area contributed by atoms with Crippen LogP contribution in [0, 0.1) is 5.82 Å². The van der Waals surface area contributed by atoms with Gasteiger partial charge in [0.1, 0.15) is 0 Å². The Balaban J connectivity index is 2.01. The molecule has 0 saturated carbocycles. The molecule has 0 radical (unpaired) electrons. The molecular formula is C14H21FN2O. The first-order valence-corrected chi connectivity index (χ1v) is 6.60. The van der Waals surface area contributed by atoms with Gasteiger partial charge in [0, 0.05) is 24.8 Å². The van der Waals surface area contributed by atoms with Gasteiger partial charge >= 0.3 is 0 Å². The van der Waals surface area contributed by atoms with Gasteiger partial charge in [-0.15, -0.1) is 0 Å². The predicted molar refractivity (Wildman–Crippen MR) is 70.6 cm³/mol. The summed E-state index contributed by atoms with van der Waals surface area (Å²) in [5.74, 6) is -0.287. The van der Waals surface area contributed by atoms with Gasteiger partial charge in [-0.3, -0.25) is 4.90 Å². The van der Waals surface area contributed by atoms with E-state index >= 15 is 0 Å². The summed E-state index contributed by atoms with van der Waals surface area (Å²) in [6.45, 7) is 1.86. The molecular weight excluding hydrogens is 231 g/mol. The molecule has 0 aliphatic carbocycles. The molecule has 1 aliphatic rings. The molecule has 1 saturated heterocycles. The highest BCUT2D eigenvalue weighted by atomic mass is 19.1. The van der Waals surface area contributed by atoms with Crippen LogP contribution >= 0.6 is 0 Å². The third-order valence-corrected chi connectivity index (χ3v) is 3.68. The number of nitrogens with two attached hydrogens (primary N) is 1. The Hall–Kier alpha value is -1.13. The lowest BCUT2D eigenvalue weighted by molar-refractivity contribution is 0.208. The summed E-state index contributed by atoms with van der Waals surface area (Å²) in [5, 5.41) is 8.89. The van der Waals surface area contributed by atoms with Crippen molar-refractivity contribution in [2.45, 2.75) is 38.3 Å². The first-order chi connectivity index (χ1) is 8.72. The van der Waals surface area contributed by atoms with Gasteiger partial charge in [-0.2, -0.15) is 0 Å². The Kier molecular flexibility index (Phi) is 4.55. The Morgan fingerprint density at radius 3 is 3.06 bits per heavy atom. The number of likely N-dealkylation sites (tertiary alicyclic amines) is 1. The van der Waals surface area contributed by atoms with Gasteiger partial charge in [-0.1, -0.05) is 12.1 Å². The number of nitrogen functional groups attached to an aromatic ring is 1. The molecule has 0 amide bonds. The van der Waals surface area contributed by atoms with E-state index in [0.29, 0.717) is 18.2 Å². The number of aliphatic hydroxyl groups is 1. The van der Waals surface area contributed by atoms with Crippen molar-refractivity contribution in [3.63, 3.8) is 0 Å². The predicted octanol–water partition coefficient (Wildman–Crippen LogP) is 2.14. The molecule has 0 bridgehead atoms. The van der Waals surface area contributed by atoms with Crippen LogP contribution in [0.1, 0.15) is 31.2 Å². The maximum absolute atomic E-state index is 13.8. The molecule has 1 aromatic carbocycles. The van der Waals surface area contributed by atoms with E-state index in [9.17, 15) is 4.39 Å². The van der Waals surface area contributed by atoms with Gasteiger partial charge in [0.15, 0.2) is 5.82 Å². The number of nitrogens with zero attached hydrogens (tertiary/aromatic N) is 1. The fraction of sp³-hybridized carbons (Fsp3) is 0.571. The molecule has 2 rings (SSSR count). The molecule has 0 aromatic heterocycles. The number of aliphatic hydroxyl groups excluding tert-OH is 1. The lowest BCUT2D eigenvalue weighted by Gasteiger charge is -2.24. The molecule has 1 heterocycles. The summed E-state index contributed by atoms with van der Waals surface area (Å²) in [4.78, 5) is 2.30. The van der Waals surface area contributed by atoms with E-state index in [4.69, 9.17) is 10.8 Å². The van der Waals surface area contributed by atoms with E-state index in [1.54, 1.807) is 18.2 Å². The summed E-state index contributed by atoms with van der Waals surface area (Å²) in [6.07, 6.45) is 4.10. The molecule has 1 fully saturated rings. The van der Waals surface area contributed by atoms with Crippen LogP contribution in [-0.4, -0.2) is 29.2 Å². The number of hydrogen-bond acceptors (Lipinski definition) is 3. The molecule has 4 heteroatoms. The first-order valence-electron chi connectivity index (χ1n) is 6.60. The molecule has 100 valence electrons. The van der Waals surface area contributed by atoms with Crippen LogP contribution in [0.2, 0.25) is 0 Å². The quantitative estimate of drug-likeness (QED) is 0.789. The third kappa shape index (κ3) is 3.00. The van der Waals surface area contributed by atoms with E-state index in [1.165, 1.54) is 0 Å². The molecule has 1 aliphatic heterocycles. The van der Waals surface area contributed by atoms with E-state index in [1.807, 2.05) is 0 Å². The van der Waals surface area contributed by atoms with Crippen molar-refractivity contribution in [3.05, 3.63) is 29.6 Å². The number of anilines is 1. The first kappa shape index (κ1) is 13.3. The maximum Gasteiger partial charge on any atom is 0.150 e. The van der Waals surface area contributed by atoms with Crippen LogP contribution in [0.25, 0.3) is 0 Å². The lowest BCUT2D eigenvalue weighted by Crippen LogP contribution is -2.29. The standard InChI is InChI=1S/C14H21FN2O/c15-14-11(4-1-7-13(14)16)10-17-8-2-5-12(17)6-3-9-18/h1,4,7,12,18H,2-3,5-6,8-10,16H2. The number of halogens is 1. The molecule has 18 heavy (non-hydrogen) atoms. The van der Waals surface area contributed by atoms with Gasteiger partial charge in [-0.05, 0) is 38.3 Å². The minimum absolute atomic E-state index is 0.221. The van der Waals surface area contributed by atoms with Crippen molar-refractivity contribution in [3.8, 4) is 0 Å². The van der Waals surface area contributed by atoms with Gasteiger partial charge in [0.2, 0.25) is 0 Å². The second-order valence-electron chi connectivity index (χ2n) is 4.95. The summed E-state index contributed by atoms with van der Waals surface area (Å²) >= 11 is 0. The van der Waals surface area contributed by atoms with Crippen molar-refractivity contribution in [1.82, 2.24) is 4.90 Å². The van der Waals surface area contributed by atoms with Crippen molar-refractivity contribution in [2.75, 3.05) is 18.9 Å². The lowest BCUT2D eigenvalue weighted by atomic mass is 10.1. The zero-order chi connectivity index (χ0) is 13.0. The zero-order valence-corrected chi connectivity index (χ0v) is 10.6.